The van der Waals surface area contributed by atoms with Gasteiger partial charge in [-0.2, -0.15) is 0 Å². The van der Waals surface area contributed by atoms with Crippen LogP contribution in [0, 0.1) is 11.7 Å². The second-order valence-corrected chi connectivity index (χ2v) is 5.51. The molecule has 0 aromatic heterocycles. The molecule has 0 saturated heterocycles. The molecule has 104 valence electrons. The van der Waals surface area contributed by atoms with Crippen LogP contribution < -0.4 is 5.73 Å². The Morgan fingerprint density at radius 1 is 1.42 bits per heavy atom. The average molecular weight is 265 g/mol. The lowest BCUT2D eigenvalue weighted by Gasteiger charge is -2.33. The molecule has 0 bridgehead atoms. The van der Waals surface area contributed by atoms with Crippen LogP contribution in [-0.2, 0) is 16.1 Å². The molecule has 4 heteroatoms. The summed E-state index contributed by atoms with van der Waals surface area (Å²) in [6.07, 6.45) is 3.16. The molecule has 1 aromatic carbocycles. The normalized spacial score (nSPS) is 27.0. The first-order valence-electron chi connectivity index (χ1n) is 6.71. The molecular weight excluding hydrogens is 245 g/mol. The topological polar surface area (TPSA) is 52.3 Å². The number of benzene rings is 1. The number of rotatable bonds is 3. The van der Waals surface area contributed by atoms with Crippen LogP contribution in [0.4, 0.5) is 4.39 Å². The Bertz CT molecular complexity index is 453. The average Bonchev–Trinajstić information content (AvgIpc) is 2.41. The predicted octanol–water partition coefficient (Wildman–Crippen LogP) is 2.78. The van der Waals surface area contributed by atoms with Gasteiger partial charge in [-0.3, -0.25) is 4.79 Å². The molecule has 1 fully saturated rings. The Balaban J connectivity index is 1.93. The zero-order valence-corrected chi connectivity index (χ0v) is 11.2. The van der Waals surface area contributed by atoms with Gasteiger partial charge in [0.25, 0.3) is 0 Å². The number of nitrogens with two attached hydrogens (primary N) is 1. The van der Waals surface area contributed by atoms with Gasteiger partial charge in [0.05, 0.1) is 0 Å². The smallest absolute Gasteiger partial charge is 0.326 e. The Kier molecular flexibility index (Phi) is 4.20. The van der Waals surface area contributed by atoms with E-state index in [-0.39, 0.29) is 12.4 Å². The fraction of sp³-hybridized carbons (Fsp3) is 0.533. The molecule has 0 atom stereocenters. The van der Waals surface area contributed by atoms with E-state index in [0.29, 0.717) is 24.3 Å². The van der Waals surface area contributed by atoms with Gasteiger partial charge in [-0.1, -0.05) is 25.1 Å². The van der Waals surface area contributed by atoms with E-state index in [1.807, 2.05) is 0 Å². The minimum absolute atomic E-state index is 0.0555. The summed E-state index contributed by atoms with van der Waals surface area (Å²) >= 11 is 0. The molecule has 0 heterocycles. The maximum atomic E-state index is 13.4. The maximum absolute atomic E-state index is 13.4. The summed E-state index contributed by atoms with van der Waals surface area (Å²) in [5.41, 5.74) is 5.59. The SMILES string of the molecule is CC1CCC(N)(C(=O)OCc2ccccc2F)CC1. The van der Waals surface area contributed by atoms with E-state index >= 15 is 0 Å². The summed E-state index contributed by atoms with van der Waals surface area (Å²) in [6.45, 7) is 2.10. The Morgan fingerprint density at radius 2 is 2.05 bits per heavy atom. The third-order valence-electron chi connectivity index (χ3n) is 3.89. The molecule has 0 radical (unpaired) electrons. The lowest BCUT2D eigenvalue weighted by Crippen LogP contribution is -2.51. The minimum Gasteiger partial charge on any atom is -0.459 e. The monoisotopic (exact) mass is 265 g/mol. The van der Waals surface area contributed by atoms with Crippen LogP contribution in [0.1, 0.15) is 38.2 Å². The standard InChI is InChI=1S/C15H20FNO2/c1-11-6-8-15(17,9-7-11)14(18)19-10-12-4-2-3-5-13(12)16/h2-5,11H,6-10,17H2,1H3. The zero-order valence-electron chi connectivity index (χ0n) is 11.2. The number of hydrogen-bond acceptors (Lipinski definition) is 3. The highest BCUT2D eigenvalue weighted by atomic mass is 19.1. The van der Waals surface area contributed by atoms with Crippen molar-refractivity contribution in [2.24, 2.45) is 11.7 Å². The van der Waals surface area contributed by atoms with Crippen molar-refractivity contribution in [2.45, 2.75) is 44.8 Å². The van der Waals surface area contributed by atoms with Gasteiger partial charge < -0.3 is 10.5 Å². The van der Waals surface area contributed by atoms with Gasteiger partial charge in [-0.25, -0.2) is 4.39 Å². The van der Waals surface area contributed by atoms with Crippen LogP contribution in [0.15, 0.2) is 24.3 Å². The highest BCUT2D eigenvalue weighted by molar-refractivity contribution is 5.80. The Morgan fingerprint density at radius 3 is 2.68 bits per heavy atom. The first-order valence-corrected chi connectivity index (χ1v) is 6.71. The molecule has 2 N–H and O–H groups in total. The lowest BCUT2D eigenvalue weighted by atomic mass is 9.78. The fourth-order valence-corrected chi connectivity index (χ4v) is 2.38. The molecule has 19 heavy (non-hydrogen) atoms. The summed E-state index contributed by atoms with van der Waals surface area (Å²) in [5.74, 6) is -0.169. The summed E-state index contributed by atoms with van der Waals surface area (Å²) in [5, 5.41) is 0. The van der Waals surface area contributed by atoms with Crippen LogP contribution in [0.3, 0.4) is 0 Å². The van der Waals surface area contributed by atoms with Gasteiger partial charge >= 0.3 is 5.97 Å². The summed E-state index contributed by atoms with van der Waals surface area (Å²) in [7, 11) is 0. The molecule has 0 amide bonds. The van der Waals surface area contributed by atoms with Crippen molar-refractivity contribution in [3.63, 3.8) is 0 Å². The van der Waals surface area contributed by atoms with E-state index in [4.69, 9.17) is 10.5 Å². The zero-order chi connectivity index (χ0) is 13.9. The maximum Gasteiger partial charge on any atom is 0.326 e. The highest BCUT2D eigenvalue weighted by Crippen LogP contribution is 2.31. The van der Waals surface area contributed by atoms with E-state index < -0.39 is 11.5 Å². The van der Waals surface area contributed by atoms with Gasteiger partial charge in [0.1, 0.15) is 18.0 Å². The molecule has 2 rings (SSSR count). The van der Waals surface area contributed by atoms with E-state index in [1.54, 1.807) is 18.2 Å². The quantitative estimate of drug-likeness (QED) is 0.855. The van der Waals surface area contributed by atoms with Crippen molar-refractivity contribution in [3.8, 4) is 0 Å². The second-order valence-electron chi connectivity index (χ2n) is 5.51. The van der Waals surface area contributed by atoms with Crippen molar-refractivity contribution >= 4 is 5.97 Å². The summed E-state index contributed by atoms with van der Waals surface area (Å²) in [4.78, 5) is 12.0. The number of ether oxygens (including phenoxy) is 1. The highest BCUT2D eigenvalue weighted by Gasteiger charge is 2.38. The number of halogens is 1. The third kappa shape index (κ3) is 3.32. The van der Waals surface area contributed by atoms with Gasteiger partial charge in [0.15, 0.2) is 0 Å². The first kappa shape index (κ1) is 14.0. The third-order valence-corrected chi connectivity index (χ3v) is 3.89. The van der Waals surface area contributed by atoms with Gasteiger partial charge in [-0.15, -0.1) is 0 Å². The first-order chi connectivity index (χ1) is 9.01. The van der Waals surface area contributed by atoms with Crippen molar-refractivity contribution in [2.75, 3.05) is 0 Å². The van der Waals surface area contributed by atoms with Crippen LogP contribution in [0.2, 0.25) is 0 Å². The Hall–Kier alpha value is -1.42. The molecule has 0 unspecified atom stereocenters. The number of carbonyl (C=O) groups excluding carboxylic acids is 1. The molecule has 0 aliphatic heterocycles. The summed E-state index contributed by atoms with van der Waals surface area (Å²) in [6, 6.07) is 6.28. The Labute approximate surface area is 112 Å². The number of esters is 1. The predicted molar refractivity (Wildman–Crippen MR) is 70.7 cm³/mol. The lowest BCUT2D eigenvalue weighted by molar-refractivity contribution is -0.153. The molecule has 1 aliphatic rings. The van der Waals surface area contributed by atoms with Crippen molar-refractivity contribution in [1.29, 1.82) is 0 Å². The summed E-state index contributed by atoms with van der Waals surface area (Å²) < 4.78 is 18.6. The van der Waals surface area contributed by atoms with Crippen LogP contribution >= 0.6 is 0 Å². The second kappa shape index (κ2) is 5.70. The molecule has 0 spiro atoms. The minimum atomic E-state index is -0.891. The van der Waals surface area contributed by atoms with Crippen molar-refractivity contribution < 1.29 is 13.9 Å². The van der Waals surface area contributed by atoms with Crippen LogP contribution in [0.25, 0.3) is 0 Å². The molecule has 1 aliphatic carbocycles. The van der Waals surface area contributed by atoms with E-state index in [0.717, 1.165) is 12.8 Å². The van der Waals surface area contributed by atoms with Crippen molar-refractivity contribution in [3.05, 3.63) is 35.6 Å². The van der Waals surface area contributed by atoms with Crippen LogP contribution in [0.5, 0.6) is 0 Å². The molecule has 3 nitrogen and oxygen atoms in total. The van der Waals surface area contributed by atoms with E-state index in [1.165, 1.54) is 6.07 Å². The molecule has 1 saturated carbocycles. The van der Waals surface area contributed by atoms with Gasteiger partial charge in [0.2, 0.25) is 0 Å². The van der Waals surface area contributed by atoms with Crippen molar-refractivity contribution in [1.82, 2.24) is 0 Å². The number of carbonyl (C=O) groups is 1. The number of hydrogen-bond donors (Lipinski definition) is 1. The molecule has 1 aromatic rings. The van der Waals surface area contributed by atoms with Gasteiger partial charge in [0, 0.05) is 5.56 Å². The van der Waals surface area contributed by atoms with E-state index in [2.05, 4.69) is 6.92 Å². The van der Waals surface area contributed by atoms with Gasteiger partial charge in [-0.05, 0) is 37.7 Å². The van der Waals surface area contributed by atoms with Crippen LogP contribution in [-0.4, -0.2) is 11.5 Å². The largest absolute Gasteiger partial charge is 0.459 e. The molecular formula is C15H20FNO2. The fourth-order valence-electron chi connectivity index (χ4n) is 2.38. The van der Waals surface area contributed by atoms with E-state index in [9.17, 15) is 9.18 Å².